The fraction of sp³-hybridized carbons (Fsp3) is 0.750. The summed E-state index contributed by atoms with van der Waals surface area (Å²) in [5, 5.41) is 0. The van der Waals surface area contributed by atoms with Gasteiger partial charge in [0.05, 0.1) is 6.10 Å². The van der Waals surface area contributed by atoms with Crippen LogP contribution in [-0.2, 0) is 4.74 Å². The van der Waals surface area contributed by atoms with Crippen LogP contribution >= 0.6 is 23.2 Å². The fourth-order valence-electron chi connectivity index (χ4n) is 0.772. The first kappa shape index (κ1) is 11.3. The van der Waals surface area contributed by atoms with E-state index in [-0.39, 0.29) is 0 Å². The summed E-state index contributed by atoms with van der Waals surface area (Å²) in [5.41, 5.74) is 1.40. The minimum absolute atomic E-state index is 0.503. The molecular formula is C8H14Cl2O. The van der Waals surface area contributed by atoms with Crippen LogP contribution in [-0.4, -0.2) is 18.6 Å². The molecule has 1 saturated heterocycles. The Bertz CT molecular complexity index is 98.3. The lowest BCUT2D eigenvalue weighted by atomic mass is 10.3. The molecule has 1 atom stereocenters. The molecule has 66 valence electrons. The average molecular weight is 197 g/mol. The van der Waals surface area contributed by atoms with Gasteiger partial charge in [0.15, 0.2) is 0 Å². The van der Waals surface area contributed by atoms with Crippen molar-refractivity contribution in [3.05, 3.63) is 11.6 Å². The van der Waals surface area contributed by atoms with Crippen molar-refractivity contribution < 1.29 is 4.74 Å². The Morgan fingerprint density at radius 3 is 2.45 bits per heavy atom. The highest BCUT2D eigenvalue weighted by Crippen LogP contribution is 2.09. The Labute approximate surface area is 78.3 Å². The van der Waals surface area contributed by atoms with E-state index in [1.54, 1.807) is 6.08 Å². The highest BCUT2D eigenvalue weighted by Gasteiger charge is 2.07. The van der Waals surface area contributed by atoms with Gasteiger partial charge in [-0.25, -0.2) is 0 Å². The van der Waals surface area contributed by atoms with E-state index in [4.69, 9.17) is 27.9 Å². The van der Waals surface area contributed by atoms with E-state index in [0.29, 0.717) is 12.0 Å². The predicted octanol–water partition coefficient (Wildman–Crippen LogP) is 3.16. The minimum Gasteiger partial charge on any atom is -0.379 e. The van der Waals surface area contributed by atoms with E-state index >= 15 is 0 Å². The molecule has 0 saturated carbocycles. The number of halogens is 2. The van der Waals surface area contributed by atoms with Gasteiger partial charge in [-0.15, -0.1) is 11.6 Å². The van der Waals surface area contributed by atoms with Gasteiger partial charge in [0.2, 0.25) is 0 Å². The third kappa shape index (κ3) is 8.18. The van der Waals surface area contributed by atoms with Crippen LogP contribution in [0, 0.1) is 0 Å². The van der Waals surface area contributed by atoms with Gasteiger partial charge >= 0.3 is 0 Å². The van der Waals surface area contributed by atoms with Gasteiger partial charge in [0.25, 0.3) is 0 Å². The Hall–Kier alpha value is 0.280. The Morgan fingerprint density at radius 2 is 2.36 bits per heavy atom. The summed E-state index contributed by atoms with van der Waals surface area (Å²) in [6, 6.07) is 0. The molecule has 1 unspecified atom stereocenters. The fourth-order valence-corrected chi connectivity index (χ4v) is 1.04. The molecule has 1 aliphatic heterocycles. The van der Waals surface area contributed by atoms with Crippen LogP contribution in [0.25, 0.3) is 0 Å². The highest BCUT2D eigenvalue weighted by atomic mass is 35.5. The topological polar surface area (TPSA) is 9.23 Å². The zero-order valence-electron chi connectivity index (χ0n) is 6.72. The predicted molar refractivity (Wildman–Crippen MR) is 50.4 cm³/mol. The molecule has 11 heavy (non-hydrogen) atoms. The van der Waals surface area contributed by atoms with E-state index in [1.165, 1.54) is 18.4 Å². The molecule has 0 amide bonds. The molecule has 1 fully saturated rings. The second-order valence-electron chi connectivity index (χ2n) is 2.34. The maximum Gasteiger partial charge on any atom is 0.0547 e. The molecule has 0 aromatic carbocycles. The summed E-state index contributed by atoms with van der Waals surface area (Å²) >= 11 is 10.2. The van der Waals surface area contributed by atoms with Gasteiger partial charge in [-0.2, -0.15) is 0 Å². The lowest BCUT2D eigenvalue weighted by Crippen LogP contribution is -1.94. The van der Waals surface area contributed by atoms with Crippen molar-refractivity contribution >= 4 is 23.2 Å². The van der Waals surface area contributed by atoms with Crippen LogP contribution < -0.4 is 0 Å². The van der Waals surface area contributed by atoms with Crippen molar-refractivity contribution in [3.8, 4) is 0 Å². The SMILES string of the molecule is CC1CCCO1.ClC=CCCl. The van der Waals surface area contributed by atoms with Gasteiger partial charge in [-0.1, -0.05) is 17.7 Å². The zero-order chi connectivity index (χ0) is 8.53. The van der Waals surface area contributed by atoms with Gasteiger partial charge in [0.1, 0.15) is 0 Å². The molecule has 0 aromatic rings. The second kappa shape index (κ2) is 8.38. The van der Waals surface area contributed by atoms with E-state index in [0.717, 1.165) is 6.61 Å². The molecule has 1 rings (SSSR count). The van der Waals surface area contributed by atoms with Gasteiger partial charge in [0, 0.05) is 18.0 Å². The molecule has 1 aliphatic rings. The number of rotatable bonds is 1. The number of hydrogen-bond acceptors (Lipinski definition) is 1. The Balaban J connectivity index is 0.000000187. The summed E-state index contributed by atoms with van der Waals surface area (Å²) in [6.07, 6.45) is 4.73. The van der Waals surface area contributed by atoms with Gasteiger partial charge in [-0.3, -0.25) is 0 Å². The third-order valence-electron chi connectivity index (χ3n) is 1.34. The normalized spacial score (nSPS) is 23.4. The van der Waals surface area contributed by atoms with Crippen LogP contribution in [0.2, 0.25) is 0 Å². The average Bonchev–Trinajstić information content (AvgIpc) is 2.43. The summed E-state index contributed by atoms with van der Waals surface area (Å²) in [5.74, 6) is 0.503. The van der Waals surface area contributed by atoms with Crippen LogP contribution in [0.1, 0.15) is 19.8 Å². The third-order valence-corrected chi connectivity index (χ3v) is 1.69. The molecule has 0 N–H and O–H groups in total. The highest BCUT2D eigenvalue weighted by molar-refractivity contribution is 6.26. The summed E-state index contributed by atoms with van der Waals surface area (Å²) in [4.78, 5) is 0. The molecule has 3 heteroatoms. The standard InChI is InChI=1S/C5H10O.C3H4Cl2/c1-5-3-2-4-6-5;4-2-1-3-5/h5H,2-4H2,1H3;1-2H,3H2. The Kier molecular flexibility index (Phi) is 8.59. The first-order valence-electron chi connectivity index (χ1n) is 3.74. The number of allylic oxidation sites excluding steroid dienone is 1. The molecule has 0 spiro atoms. The van der Waals surface area contributed by atoms with Crippen molar-refractivity contribution in [2.45, 2.75) is 25.9 Å². The molecule has 0 aliphatic carbocycles. The van der Waals surface area contributed by atoms with Crippen molar-refractivity contribution in [1.82, 2.24) is 0 Å². The van der Waals surface area contributed by atoms with E-state index in [2.05, 4.69) is 6.92 Å². The van der Waals surface area contributed by atoms with E-state index < -0.39 is 0 Å². The van der Waals surface area contributed by atoms with Crippen LogP contribution in [0.4, 0.5) is 0 Å². The van der Waals surface area contributed by atoms with E-state index in [1.807, 2.05) is 0 Å². The van der Waals surface area contributed by atoms with Crippen molar-refractivity contribution in [2.75, 3.05) is 12.5 Å². The van der Waals surface area contributed by atoms with E-state index in [9.17, 15) is 0 Å². The van der Waals surface area contributed by atoms with Crippen molar-refractivity contribution in [2.24, 2.45) is 0 Å². The van der Waals surface area contributed by atoms with Crippen molar-refractivity contribution in [1.29, 1.82) is 0 Å². The molecule has 0 radical (unpaired) electrons. The van der Waals surface area contributed by atoms with Gasteiger partial charge < -0.3 is 4.74 Å². The molecule has 1 nitrogen and oxygen atoms in total. The summed E-state index contributed by atoms with van der Waals surface area (Å²) in [7, 11) is 0. The first-order chi connectivity index (χ1) is 5.31. The quantitative estimate of drug-likeness (QED) is 0.586. The van der Waals surface area contributed by atoms with Crippen LogP contribution in [0.5, 0.6) is 0 Å². The lowest BCUT2D eigenvalue weighted by molar-refractivity contribution is 0.125. The largest absolute Gasteiger partial charge is 0.379 e. The summed E-state index contributed by atoms with van der Waals surface area (Å²) in [6.45, 7) is 3.11. The van der Waals surface area contributed by atoms with Crippen molar-refractivity contribution in [3.63, 3.8) is 0 Å². The maximum atomic E-state index is 5.15. The van der Waals surface area contributed by atoms with Gasteiger partial charge in [-0.05, 0) is 19.8 Å². The first-order valence-corrected chi connectivity index (χ1v) is 4.71. The molecular weight excluding hydrogens is 183 g/mol. The zero-order valence-corrected chi connectivity index (χ0v) is 8.24. The Morgan fingerprint density at radius 1 is 1.64 bits per heavy atom. The van der Waals surface area contributed by atoms with Crippen LogP contribution in [0.3, 0.4) is 0 Å². The smallest absolute Gasteiger partial charge is 0.0547 e. The summed E-state index contributed by atoms with van der Waals surface area (Å²) < 4.78 is 5.15. The lowest BCUT2D eigenvalue weighted by Gasteiger charge is -1.94. The minimum atomic E-state index is 0.503. The maximum absolute atomic E-state index is 5.15. The van der Waals surface area contributed by atoms with Crippen LogP contribution in [0.15, 0.2) is 11.6 Å². The second-order valence-corrected chi connectivity index (χ2v) is 2.90. The molecule has 0 aromatic heterocycles. The number of ether oxygens (including phenoxy) is 1. The molecule has 0 bridgehead atoms. The molecule has 1 heterocycles. The number of alkyl halides is 1. The monoisotopic (exact) mass is 196 g/mol. The number of hydrogen-bond donors (Lipinski definition) is 0.